The zero-order chi connectivity index (χ0) is 24.0. The fraction of sp³-hybridized carbons (Fsp3) is 0.480. The molecule has 0 radical (unpaired) electrons. The van der Waals surface area contributed by atoms with Crippen molar-refractivity contribution in [1.82, 2.24) is 14.9 Å². The highest BCUT2D eigenvalue weighted by atomic mass is 32.1. The molecule has 0 bridgehead atoms. The fourth-order valence-electron chi connectivity index (χ4n) is 3.66. The van der Waals surface area contributed by atoms with Gasteiger partial charge in [0.15, 0.2) is 11.5 Å². The van der Waals surface area contributed by atoms with Crippen molar-refractivity contribution in [3.8, 4) is 11.5 Å². The van der Waals surface area contributed by atoms with Crippen LogP contribution in [-0.4, -0.2) is 29.2 Å². The summed E-state index contributed by atoms with van der Waals surface area (Å²) < 4.78 is 12.8. The number of aryl methyl sites for hydroxylation is 3. The van der Waals surface area contributed by atoms with Gasteiger partial charge in [-0.15, -0.1) is 11.3 Å². The molecule has 1 amide bonds. The van der Waals surface area contributed by atoms with Crippen LogP contribution in [0.1, 0.15) is 61.6 Å². The molecule has 3 rings (SSSR count). The molecule has 0 saturated carbocycles. The molecule has 1 aromatic carbocycles. The van der Waals surface area contributed by atoms with Gasteiger partial charge in [0, 0.05) is 17.8 Å². The first-order chi connectivity index (χ1) is 15.8. The van der Waals surface area contributed by atoms with Crippen molar-refractivity contribution < 1.29 is 14.3 Å². The molecule has 0 saturated heterocycles. The number of hydrogen-bond donors (Lipinski definition) is 1. The molecule has 0 spiro atoms. The van der Waals surface area contributed by atoms with Crippen LogP contribution in [0.15, 0.2) is 29.3 Å². The number of rotatable bonds is 11. The second kappa shape index (κ2) is 11.3. The van der Waals surface area contributed by atoms with E-state index < -0.39 is 0 Å². The minimum absolute atomic E-state index is 0.0954. The number of carbonyl (C=O) groups excluding carboxylic acids is 1. The Balaban J connectivity index is 1.60. The standard InChI is InChI=1S/C25H33N3O4S/c1-6-7-8-13-32-20-10-9-19(14-21(20)31-5)17(3)27-22(29)11-12-28-15-26-24-23(25(28)30)16(2)18(4)33-24/h9-10,14-15,17H,6-8,11-13H2,1-5H3,(H,27,29). The van der Waals surface area contributed by atoms with Gasteiger partial charge in [0.1, 0.15) is 4.83 Å². The van der Waals surface area contributed by atoms with Crippen LogP contribution < -0.4 is 20.3 Å². The lowest BCUT2D eigenvalue weighted by Gasteiger charge is -2.17. The van der Waals surface area contributed by atoms with Crippen LogP contribution in [0.3, 0.4) is 0 Å². The zero-order valence-corrected chi connectivity index (χ0v) is 20.9. The van der Waals surface area contributed by atoms with Gasteiger partial charge in [0.25, 0.3) is 5.56 Å². The number of nitrogens with zero attached hydrogens (tertiary/aromatic N) is 2. The Bertz CT molecular complexity index is 1170. The number of benzene rings is 1. The summed E-state index contributed by atoms with van der Waals surface area (Å²) >= 11 is 1.52. The maximum Gasteiger partial charge on any atom is 0.262 e. The van der Waals surface area contributed by atoms with Crippen LogP contribution in [-0.2, 0) is 11.3 Å². The monoisotopic (exact) mass is 471 g/mol. The normalized spacial score (nSPS) is 12.0. The Hall–Kier alpha value is -2.87. The average molecular weight is 472 g/mol. The number of fused-ring (bicyclic) bond motifs is 1. The third-order valence-electron chi connectivity index (χ3n) is 5.81. The van der Waals surface area contributed by atoms with Crippen molar-refractivity contribution >= 4 is 27.5 Å². The molecule has 2 heterocycles. The van der Waals surface area contributed by atoms with E-state index in [2.05, 4.69) is 17.2 Å². The number of aromatic nitrogens is 2. The second-order valence-electron chi connectivity index (χ2n) is 8.21. The summed E-state index contributed by atoms with van der Waals surface area (Å²) in [5.41, 5.74) is 1.79. The minimum atomic E-state index is -0.209. The minimum Gasteiger partial charge on any atom is -0.493 e. The maximum atomic E-state index is 12.8. The summed E-state index contributed by atoms with van der Waals surface area (Å²) in [5, 5.41) is 3.65. The maximum absolute atomic E-state index is 12.8. The smallest absolute Gasteiger partial charge is 0.262 e. The van der Waals surface area contributed by atoms with Crippen molar-refractivity contribution in [2.45, 2.75) is 66.0 Å². The van der Waals surface area contributed by atoms with E-state index in [9.17, 15) is 9.59 Å². The molecular weight excluding hydrogens is 438 g/mol. The van der Waals surface area contributed by atoms with Crippen LogP contribution >= 0.6 is 11.3 Å². The molecule has 7 nitrogen and oxygen atoms in total. The Kier molecular flexibility index (Phi) is 8.49. The third-order valence-corrected chi connectivity index (χ3v) is 6.92. The third kappa shape index (κ3) is 5.93. The molecule has 8 heteroatoms. The van der Waals surface area contributed by atoms with Gasteiger partial charge in [-0.25, -0.2) is 4.98 Å². The number of hydrogen-bond acceptors (Lipinski definition) is 6. The van der Waals surface area contributed by atoms with Gasteiger partial charge >= 0.3 is 0 Å². The highest BCUT2D eigenvalue weighted by Crippen LogP contribution is 2.30. The Morgan fingerprint density at radius 3 is 2.76 bits per heavy atom. The van der Waals surface area contributed by atoms with Crippen molar-refractivity contribution in [2.75, 3.05) is 13.7 Å². The van der Waals surface area contributed by atoms with Gasteiger partial charge in [-0.2, -0.15) is 0 Å². The summed E-state index contributed by atoms with van der Waals surface area (Å²) in [5.74, 6) is 1.22. The molecule has 0 aliphatic rings. The SMILES string of the molecule is CCCCCOc1ccc(C(C)NC(=O)CCn2cnc3sc(C)c(C)c3c2=O)cc1OC. The average Bonchev–Trinajstić information content (AvgIpc) is 3.10. The van der Waals surface area contributed by atoms with Crippen molar-refractivity contribution in [1.29, 1.82) is 0 Å². The highest BCUT2D eigenvalue weighted by molar-refractivity contribution is 7.18. The molecule has 0 aliphatic heterocycles. The van der Waals surface area contributed by atoms with Gasteiger partial charge in [0.05, 0.1) is 31.5 Å². The number of carbonyl (C=O) groups is 1. The van der Waals surface area contributed by atoms with Crippen LogP contribution in [0.25, 0.3) is 10.2 Å². The molecule has 2 aromatic heterocycles. The van der Waals surface area contributed by atoms with Crippen molar-refractivity contribution in [3.05, 3.63) is 50.9 Å². The van der Waals surface area contributed by atoms with E-state index in [1.807, 2.05) is 39.0 Å². The van der Waals surface area contributed by atoms with Crippen LogP contribution in [0.5, 0.6) is 11.5 Å². The molecule has 0 aliphatic carbocycles. The Morgan fingerprint density at radius 1 is 1.24 bits per heavy atom. The molecule has 1 atom stereocenters. The summed E-state index contributed by atoms with van der Waals surface area (Å²) in [6.45, 7) is 8.94. The molecule has 178 valence electrons. The van der Waals surface area contributed by atoms with Gasteiger partial charge in [-0.05, 0) is 50.5 Å². The van der Waals surface area contributed by atoms with Gasteiger partial charge in [-0.1, -0.05) is 25.8 Å². The van der Waals surface area contributed by atoms with Crippen LogP contribution in [0, 0.1) is 13.8 Å². The number of nitrogens with one attached hydrogen (secondary N) is 1. The number of methoxy groups -OCH3 is 1. The lowest BCUT2D eigenvalue weighted by atomic mass is 10.1. The Morgan fingerprint density at radius 2 is 2.03 bits per heavy atom. The van der Waals surface area contributed by atoms with Crippen molar-refractivity contribution in [3.63, 3.8) is 0 Å². The van der Waals surface area contributed by atoms with Crippen LogP contribution in [0.2, 0.25) is 0 Å². The van der Waals surface area contributed by atoms with Crippen LogP contribution in [0.4, 0.5) is 0 Å². The summed E-state index contributed by atoms with van der Waals surface area (Å²) in [6, 6.07) is 5.50. The van der Waals surface area contributed by atoms with Crippen molar-refractivity contribution in [2.24, 2.45) is 0 Å². The molecule has 0 fully saturated rings. The summed E-state index contributed by atoms with van der Waals surface area (Å²) in [7, 11) is 1.61. The van der Waals surface area contributed by atoms with E-state index in [1.165, 1.54) is 22.2 Å². The van der Waals surface area contributed by atoms with E-state index in [0.717, 1.165) is 40.1 Å². The number of ether oxygens (including phenoxy) is 2. The molecule has 1 unspecified atom stereocenters. The van der Waals surface area contributed by atoms with E-state index in [-0.39, 0.29) is 30.5 Å². The molecule has 3 aromatic rings. The second-order valence-corrected chi connectivity index (χ2v) is 9.41. The highest BCUT2D eigenvalue weighted by Gasteiger charge is 2.15. The lowest BCUT2D eigenvalue weighted by molar-refractivity contribution is -0.121. The molecular formula is C25H33N3O4S. The lowest BCUT2D eigenvalue weighted by Crippen LogP contribution is -2.29. The van der Waals surface area contributed by atoms with E-state index >= 15 is 0 Å². The Labute approximate surface area is 198 Å². The fourth-order valence-corrected chi connectivity index (χ4v) is 4.64. The molecule has 33 heavy (non-hydrogen) atoms. The summed E-state index contributed by atoms with van der Waals surface area (Å²) in [4.78, 5) is 31.6. The quantitative estimate of drug-likeness (QED) is 0.402. The number of amides is 1. The van der Waals surface area contributed by atoms with Gasteiger partial charge in [-0.3, -0.25) is 14.2 Å². The first kappa shape index (κ1) is 24.8. The van der Waals surface area contributed by atoms with Gasteiger partial charge in [0.2, 0.25) is 5.91 Å². The first-order valence-electron chi connectivity index (χ1n) is 11.4. The van der Waals surface area contributed by atoms with E-state index in [1.54, 1.807) is 7.11 Å². The van der Waals surface area contributed by atoms with E-state index in [0.29, 0.717) is 23.5 Å². The predicted molar refractivity (Wildman–Crippen MR) is 133 cm³/mol. The number of thiophene rings is 1. The largest absolute Gasteiger partial charge is 0.493 e. The predicted octanol–water partition coefficient (Wildman–Crippen LogP) is 4.92. The zero-order valence-electron chi connectivity index (χ0n) is 20.1. The summed E-state index contributed by atoms with van der Waals surface area (Å²) in [6.07, 6.45) is 5.00. The first-order valence-corrected chi connectivity index (χ1v) is 12.2. The van der Waals surface area contributed by atoms with E-state index in [4.69, 9.17) is 9.47 Å². The topological polar surface area (TPSA) is 82.5 Å². The number of unbranched alkanes of at least 4 members (excludes halogenated alkanes) is 2. The van der Waals surface area contributed by atoms with Gasteiger partial charge < -0.3 is 14.8 Å². The molecule has 1 N–H and O–H groups in total.